The van der Waals surface area contributed by atoms with Gasteiger partial charge in [0, 0.05) is 18.7 Å². The van der Waals surface area contributed by atoms with Gasteiger partial charge in [-0.15, -0.1) is 0 Å². The van der Waals surface area contributed by atoms with Gasteiger partial charge >= 0.3 is 0 Å². The lowest BCUT2D eigenvalue weighted by molar-refractivity contribution is -0.116. The molecule has 1 rings (SSSR count). The molecule has 18 heavy (non-hydrogen) atoms. The largest absolute Gasteiger partial charge is 0.396 e. The molecule has 0 unspecified atom stereocenters. The van der Waals surface area contributed by atoms with Gasteiger partial charge in [-0.05, 0) is 37.7 Å². The van der Waals surface area contributed by atoms with E-state index >= 15 is 0 Å². The molecule has 6 nitrogen and oxygen atoms in total. The first kappa shape index (κ1) is 14.6. The van der Waals surface area contributed by atoms with Crippen molar-refractivity contribution >= 4 is 21.6 Å². The van der Waals surface area contributed by atoms with Crippen molar-refractivity contribution in [2.75, 3.05) is 19.0 Å². The number of carbonyl (C=O) groups excluding carboxylic acids is 1. The van der Waals surface area contributed by atoms with Crippen LogP contribution in [0.3, 0.4) is 0 Å². The van der Waals surface area contributed by atoms with E-state index in [1.54, 1.807) is 0 Å². The smallest absolute Gasteiger partial charge is 0.240 e. The summed E-state index contributed by atoms with van der Waals surface area (Å²) < 4.78 is 25.1. The van der Waals surface area contributed by atoms with Gasteiger partial charge in [-0.25, -0.2) is 13.1 Å². The number of hydrogen-bond donors (Lipinski definition) is 3. The molecule has 0 aliphatic carbocycles. The molecule has 0 aliphatic heterocycles. The van der Waals surface area contributed by atoms with E-state index in [2.05, 4.69) is 10.0 Å². The quantitative estimate of drug-likeness (QED) is 0.694. The Kier molecular flexibility index (Phi) is 5.26. The van der Waals surface area contributed by atoms with Crippen molar-refractivity contribution < 1.29 is 18.3 Å². The minimum Gasteiger partial charge on any atom is -0.396 e. The Morgan fingerprint density at radius 2 is 1.89 bits per heavy atom. The molecule has 3 N–H and O–H groups in total. The van der Waals surface area contributed by atoms with E-state index in [9.17, 15) is 13.2 Å². The molecular weight excluding hydrogens is 256 g/mol. The lowest BCUT2D eigenvalue weighted by Gasteiger charge is -2.06. The van der Waals surface area contributed by atoms with Gasteiger partial charge in [-0.2, -0.15) is 0 Å². The number of carbonyl (C=O) groups is 1. The number of amides is 1. The van der Waals surface area contributed by atoms with Gasteiger partial charge in [0.15, 0.2) is 0 Å². The Labute approximate surface area is 106 Å². The molecule has 0 radical (unpaired) electrons. The van der Waals surface area contributed by atoms with Gasteiger partial charge in [0.05, 0.1) is 4.90 Å². The van der Waals surface area contributed by atoms with E-state index in [0.717, 1.165) is 0 Å². The van der Waals surface area contributed by atoms with Gasteiger partial charge in [-0.3, -0.25) is 4.79 Å². The predicted molar refractivity (Wildman–Crippen MR) is 67.6 cm³/mol. The van der Waals surface area contributed by atoms with Crippen LogP contribution in [0.25, 0.3) is 0 Å². The molecule has 7 heteroatoms. The number of sulfonamides is 1. The second-order valence-electron chi connectivity index (χ2n) is 3.61. The van der Waals surface area contributed by atoms with E-state index in [0.29, 0.717) is 12.1 Å². The van der Waals surface area contributed by atoms with Crippen molar-refractivity contribution in [3.8, 4) is 0 Å². The van der Waals surface area contributed by atoms with Gasteiger partial charge in [0.25, 0.3) is 0 Å². The summed E-state index contributed by atoms with van der Waals surface area (Å²) in [7, 11) is -2.12. The van der Waals surface area contributed by atoms with Crippen molar-refractivity contribution in [1.82, 2.24) is 4.72 Å². The predicted octanol–water partition coefficient (Wildman–Crippen LogP) is 0.306. The molecule has 0 bridgehead atoms. The molecule has 0 spiro atoms. The topological polar surface area (TPSA) is 95.5 Å². The number of aliphatic hydroxyl groups is 1. The van der Waals surface area contributed by atoms with Crippen LogP contribution >= 0.6 is 0 Å². The molecule has 0 heterocycles. The number of rotatable bonds is 6. The first-order valence-electron chi connectivity index (χ1n) is 5.44. The second-order valence-corrected chi connectivity index (χ2v) is 5.49. The fraction of sp³-hybridized carbons (Fsp3) is 0.364. The molecule has 1 aromatic carbocycles. The average Bonchev–Trinajstić information content (AvgIpc) is 2.37. The molecule has 0 atom stereocenters. The third-order valence-corrected chi connectivity index (χ3v) is 3.71. The van der Waals surface area contributed by atoms with Crippen LogP contribution in [0.1, 0.15) is 12.8 Å². The summed E-state index contributed by atoms with van der Waals surface area (Å²) in [5, 5.41) is 11.2. The number of hydrogen-bond acceptors (Lipinski definition) is 4. The fourth-order valence-corrected chi connectivity index (χ4v) is 2.03. The van der Waals surface area contributed by atoms with E-state index in [1.165, 1.54) is 31.3 Å². The van der Waals surface area contributed by atoms with Crippen LogP contribution in [-0.2, 0) is 14.8 Å². The van der Waals surface area contributed by atoms with E-state index in [1.807, 2.05) is 0 Å². The maximum Gasteiger partial charge on any atom is 0.240 e. The zero-order chi connectivity index (χ0) is 13.6. The van der Waals surface area contributed by atoms with E-state index < -0.39 is 10.0 Å². The van der Waals surface area contributed by atoms with Gasteiger partial charge in [0.1, 0.15) is 0 Å². The monoisotopic (exact) mass is 272 g/mol. The SMILES string of the molecule is CNS(=O)(=O)c1ccc(NC(=O)CCCO)cc1. The van der Waals surface area contributed by atoms with Gasteiger partial charge in [0.2, 0.25) is 15.9 Å². The third kappa shape index (κ3) is 4.10. The fourth-order valence-electron chi connectivity index (χ4n) is 1.30. The zero-order valence-electron chi connectivity index (χ0n) is 10.0. The second kappa shape index (κ2) is 6.48. The van der Waals surface area contributed by atoms with Crippen LogP contribution < -0.4 is 10.0 Å². The number of anilines is 1. The highest BCUT2D eigenvalue weighted by Gasteiger charge is 2.10. The summed E-state index contributed by atoms with van der Waals surface area (Å²) in [4.78, 5) is 11.5. The third-order valence-electron chi connectivity index (χ3n) is 2.28. The summed E-state index contributed by atoms with van der Waals surface area (Å²) in [5.41, 5.74) is 0.521. The maximum absolute atomic E-state index is 11.4. The van der Waals surface area contributed by atoms with Crippen LogP contribution in [0.4, 0.5) is 5.69 Å². The van der Waals surface area contributed by atoms with Crippen LogP contribution in [-0.4, -0.2) is 33.1 Å². The highest BCUT2D eigenvalue weighted by Crippen LogP contribution is 2.13. The lowest BCUT2D eigenvalue weighted by Crippen LogP contribution is -2.18. The van der Waals surface area contributed by atoms with Gasteiger partial charge in [-0.1, -0.05) is 0 Å². The normalized spacial score (nSPS) is 11.2. The average molecular weight is 272 g/mol. The number of aliphatic hydroxyl groups excluding tert-OH is 1. The molecular formula is C11H16N2O4S. The molecule has 0 aliphatic rings. The Morgan fingerprint density at radius 1 is 1.28 bits per heavy atom. The zero-order valence-corrected chi connectivity index (χ0v) is 10.8. The van der Waals surface area contributed by atoms with Crippen LogP contribution in [0.2, 0.25) is 0 Å². The standard InChI is InChI=1S/C11H16N2O4S/c1-12-18(16,17)10-6-4-9(5-7-10)13-11(15)3-2-8-14/h4-7,12,14H,2-3,8H2,1H3,(H,13,15). The first-order chi connectivity index (χ1) is 8.49. The van der Waals surface area contributed by atoms with Crippen molar-refractivity contribution in [1.29, 1.82) is 0 Å². The summed E-state index contributed by atoms with van der Waals surface area (Å²) in [6, 6.07) is 5.85. The summed E-state index contributed by atoms with van der Waals surface area (Å²) in [5.74, 6) is -0.215. The van der Waals surface area contributed by atoms with Crippen molar-refractivity contribution in [3.63, 3.8) is 0 Å². The summed E-state index contributed by atoms with van der Waals surface area (Å²) in [6.07, 6.45) is 0.630. The highest BCUT2D eigenvalue weighted by molar-refractivity contribution is 7.89. The molecule has 0 saturated heterocycles. The summed E-state index contributed by atoms with van der Waals surface area (Å²) >= 11 is 0. The van der Waals surface area contributed by atoms with E-state index in [4.69, 9.17) is 5.11 Å². The number of benzene rings is 1. The Bertz CT molecular complexity index is 496. The van der Waals surface area contributed by atoms with Crippen molar-refractivity contribution in [2.24, 2.45) is 0 Å². The van der Waals surface area contributed by atoms with Crippen LogP contribution in [0.5, 0.6) is 0 Å². The maximum atomic E-state index is 11.4. The highest BCUT2D eigenvalue weighted by atomic mass is 32.2. The minimum atomic E-state index is -3.45. The molecule has 1 amide bonds. The number of nitrogens with one attached hydrogen (secondary N) is 2. The molecule has 0 saturated carbocycles. The van der Waals surface area contributed by atoms with Crippen molar-refractivity contribution in [2.45, 2.75) is 17.7 Å². The van der Waals surface area contributed by atoms with Crippen LogP contribution in [0, 0.1) is 0 Å². The summed E-state index contributed by atoms with van der Waals surface area (Å²) in [6.45, 7) is -0.0349. The van der Waals surface area contributed by atoms with Crippen LogP contribution in [0.15, 0.2) is 29.2 Å². The molecule has 0 aromatic heterocycles. The Morgan fingerprint density at radius 3 is 2.39 bits per heavy atom. The first-order valence-corrected chi connectivity index (χ1v) is 6.92. The molecule has 1 aromatic rings. The van der Waals surface area contributed by atoms with E-state index in [-0.39, 0.29) is 23.8 Å². The van der Waals surface area contributed by atoms with Crippen molar-refractivity contribution in [3.05, 3.63) is 24.3 Å². The Hall–Kier alpha value is -1.44. The lowest BCUT2D eigenvalue weighted by atomic mass is 10.3. The molecule has 100 valence electrons. The minimum absolute atomic E-state index is 0.0349. The molecule has 0 fully saturated rings. The Balaban J connectivity index is 2.69. The van der Waals surface area contributed by atoms with Gasteiger partial charge < -0.3 is 10.4 Å².